The first-order valence-electron chi connectivity index (χ1n) is 11.6. The van der Waals surface area contributed by atoms with Gasteiger partial charge < -0.3 is 10.6 Å². The van der Waals surface area contributed by atoms with Crippen molar-refractivity contribution in [3.63, 3.8) is 0 Å². The maximum atomic E-state index is 14.7. The lowest BCUT2D eigenvalue weighted by atomic mass is 9.84. The summed E-state index contributed by atoms with van der Waals surface area (Å²) in [5, 5.41) is 19.2. The van der Waals surface area contributed by atoms with Crippen LogP contribution < -0.4 is 10.6 Å². The number of aryl methyl sites for hydroxylation is 1. The summed E-state index contributed by atoms with van der Waals surface area (Å²) in [6.45, 7) is 7.72. The van der Waals surface area contributed by atoms with E-state index in [0.29, 0.717) is 17.1 Å². The Hall–Kier alpha value is -2.79. The van der Waals surface area contributed by atoms with E-state index in [1.165, 1.54) is 30.8 Å². The molecule has 3 aromatic rings. The van der Waals surface area contributed by atoms with Crippen molar-refractivity contribution in [2.24, 2.45) is 0 Å². The number of thioether (sulfide) groups is 1. The lowest BCUT2D eigenvalue weighted by molar-refractivity contribution is 0.0500. The minimum atomic E-state index is -0.444. The molecule has 2 N–H and O–H groups in total. The van der Waals surface area contributed by atoms with Crippen LogP contribution in [0.3, 0.4) is 0 Å². The molecule has 0 amide bonds. The summed E-state index contributed by atoms with van der Waals surface area (Å²) in [4.78, 5) is 11.2. The van der Waals surface area contributed by atoms with Gasteiger partial charge in [0.2, 0.25) is 11.1 Å². The molecule has 0 bridgehead atoms. The molecule has 2 fully saturated rings. The van der Waals surface area contributed by atoms with Crippen LogP contribution in [0.2, 0.25) is 0 Å². The van der Waals surface area contributed by atoms with Crippen LogP contribution >= 0.6 is 11.8 Å². The molecule has 1 aromatic carbocycles. The number of hydrogen-bond acceptors (Lipinski definition) is 9. The van der Waals surface area contributed by atoms with Crippen molar-refractivity contribution in [2.75, 3.05) is 23.4 Å². The molecule has 0 saturated carbocycles. The second kappa shape index (κ2) is 9.10. The van der Waals surface area contributed by atoms with Crippen LogP contribution in [0.1, 0.15) is 45.1 Å². The predicted molar refractivity (Wildman–Crippen MR) is 131 cm³/mol. The molecular weight excluding hydrogens is 453 g/mol. The molecule has 4 heterocycles. The molecule has 0 aliphatic carbocycles. The van der Waals surface area contributed by atoms with Crippen LogP contribution in [0, 0.1) is 12.7 Å². The predicted octanol–water partition coefficient (Wildman–Crippen LogP) is 4.18. The Labute approximate surface area is 202 Å². The summed E-state index contributed by atoms with van der Waals surface area (Å²) in [7, 11) is 0. The van der Waals surface area contributed by atoms with Crippen molar-refractivity contribution in [2.45, 2.75) is 69.2 Å². The highest BCUT2D eigenvalue weighted by molar-refractivity contribution is 7.98. The van der Waals surface area contributed by atoms with Gasteiger partial charge in [0.1, 0.15) is 0 Å². The molecule has 2 atom stereocenters. The molecule has 180 valence electrons. The standard InChI is InChI=1S/C23H30FN9S/c1-14-7-8-15(11-19(14)33-22(34-4)29-30-31-33)27-21-25-13-18(24)20(28-21)26-16-10-17-6-5-9-32(17)23(2,3)12-16/h7-8,11,13,16-17H,5-6,9-10,12H2,1-4H3,(H2,25,26,27,28). The maximum absolute atomic E-state index is 14.7. The molecule has 2 aliphatic rings. The van der Waals surface area contributed by atoms with E-state index in [1.54, 1.807) is 4.68 Å². The highest BCUT2D eigenvalue weighted by Gasteiger charge is 2.43. The van der Waals surface area contributed by atoms with Crippen molar-refractivity contribution >= 4 is 29.2 Å². The zero-order valence-corrected chi connectivity index (χ0v) is 20.7. The van der Waals surface area contributed by atoms with E-state index in [1.807, 2.05) is 31.4 Å². The lowest BCUT2D eigenvalue weighted by Gasteiger charge is -2.47. The number of nitrogens with zero attached hydrogens (tertiary/aromatic N) is 7. The van der Waals surface area contributed by atoms with E-state index in [0.717, 1.165) is 36.3 Å². The second-order valence-corrected chi connectivity index (χ2v) is 10.5. The number of fused-ring (bicyclic) bond motifs is 1. The van der Waals surface area contributed by atoms with Crippen LogP contribution in [-0.2, 0) is 0 Å². The number of halogens is 1. The van der Waals surface area contributed by atoms with E-state index < -0.39 is 5.82 Å². The molecule has 2 aliphatic heterocycles. The third-order valence-electron chi connectivity index (χ3n) is 6.86. The summed E-state index contributed by atoms with van der Waals surface area (Å²) >= 11 is 1.47. The molecule has 0 spiro atoms. The molecule has 2 aromatic heterocycles. The van der Waals surface area contributed by atoms with Crippen molar-refractivity contribution in [1.29, 1.82) is 0 Å². The SMILES string of the molecule is CSc1nnnn1-c1cc(Nc2ncc(F)c(NC3CC4CCCN4C(C)(C)C3)n2)ccc1C. The average molecular weight is 484 g/mol. The number of benzene rings is 1. The van der Waals surface area contributed by atoms with Crippen LogP contribution in [0.5, 0.6) is 0 Å². The fourth-order valence-corrected chi connectivity index (χ4v) is 5.77. The smallest absolute Gasteiger partial charge is 0.229 e. The topological polar surface area (TPSA) is 96.7 Å². The number of anilines is 3. The Morgan fingerprint density at radius 2 is 2.12 bits per heavy atom. The largest absolute Gasteiger partial charge is 0.365 e. The second-order valence-electron chi connectivity index (χ2n) is 9.68. The molecule has 2 saturated heterocycles. The zero-order valence-electron chi connectivity index (χ0n) is 19.9. The fraction of sp³-hybridized carbons (Fsp3) is 0.522. The summed E-state index contributed by atoms with van der Waals surface area (Å²) in [6.07, 6.45) is 7.53. The third kappa shape index (κ3) is 4.46. The van der Waals surface area contributed by atoms with Crippen molar-refractivity contribution in [3.05, 3.63) is 35.8 Å². The fourth-order valence-electron chi connectivity index (χ4n) is 5.34. The van der Waals surface area contributed by atoms with Crippen LogP contribution in [-0.4, -0.2) is 65.5 Å². The van der Waals surface area contributed by atoms with Crippen LogP contribution in [0.25, 0.3) is 5.69 Å². The minimum Gasteiger partial charge on any atom is -0.365 e. The van der Waals surface area contributed by atoms with Crippen molar-refractivity contribution < 1.29 is 4.39 Å². The van der Waals surface area contributed by atoms with Crippen LogP contribution in [0.15, 0.2) is 29.6 Å². The number of piperidine rings is 1. The van der Waals surface area contributed by atoms with Gasteiger partial charge >= 0.3 is 0 Å². The Bertz CT molecular complexity index is 1180. The highest BCUT2D eigenvalue weighted by Crippen LogP contribution is 2.38. The quantitative estimate of drug-likeness (QED) is 0.500. The number of tetrazole rings is 1. The van der Waals surface area contributed by atoms with Gasteiger partial charge in [-0.3, -0.25) is 4.90 Å². The third-order valence-corrected chi connectivity index (χ3v) is 7.48. The van der Waals surface area contributed by atoms with Gasteiger partial charge in [-0.25, -0.2) is 9.37 Å². The molecule has 5 rings (SSSR count). The first-order chi connectivity index (χ1) is 16.3. The van der Waals surface area contributed by atoms with E-state index in [2.05, 4.69) is 54.9 Å². The minimum absolute atomic E-state index is 0.0891. The molecule has 11 heteroatoms. The van der Waals surface area contributed by atoms with Gasteiger partial charge in [0.25, 0.3) is 0 Å². The van der Waals surface area contributed by atoms with E-state index in [4.69, 9.17) is 0 Å². The summed E-state index contributed by atoms with van der Waals surface area (Å²) in [5.74, 6) is 0.125. The normalized spacial score (nSPS) is 21.9. The molecule has 34 heavy (non-hydrogen) atoms. The number of aromatic nitrogens is 6. The number of rotatable bonds is 6. The van der Waals surface area contributed by atoms with Gasteiger partial charge in [-0.15, -0.1) is 5.10 Å². The molecule has 9 nitrogen and oxygen atoms in total. The first kappa shape index (κ1) is 23.0. The molecular formula is C23H30FN9S. The van der Waals surface area contributed by atoms with Gasteiger partial charge in [0.05, 0.1) is 11.9 Å². The van der Waals surface area contributed by atoms with E-state index >= 15 is 0 Å². The van der Waals surface area contributed by atoms with Gasteiger partial charge in [-0.1, -0.05) is 17.8 Å². The average Bonchev–Trinajstić information content (AvgIpc) is 3.47. The highest BCUT2D eigenvalue weighted by atomic mass is 32.2. The Kier molecular flexibility index (Phi) is 6.15. The maximum Gasteiger partial charge on any atom is 0.229 e. The molecule has 0 radical (unpaired) electrons. The Balaban J connectivity index is 1.35. The monoisotopic (exact) mass is 483 g/mol. The number of hydrogen-bond donors (Lipinski definition) is 2. The van der Waals surface area contributed by atoms with Crippen LogP contribution in [0.4, 0.5) is 21.8 Å². The Morgan fingerprint density at radius 1 is 1.26 bits per heavy atom. The Morgan fingerprint density at radius 3 is 2.94 bits per heavy atom. The summed E-state index contributed by atoms with van der Waals surface area (Å²) in [5.41, 5.74) is 2.73. The summed E-state index contributed by atoms with van der Waals surface area (Å²) < 4.78 is 16.4. The van der Waals surface area contributed by atoms with E-state index in [9.17, 15) is 4.39 Å². The van der Waals surface area contributed by atoms with Gasteiger partial charge in [0, 0.05) is 23.3 Å². The molecule has 2 unspecified atom stereocenters. The van der Waals surface area contributed by atoms with Crippen molar-refractivity contribution in [1.82, 2.24) is 35.1 Å². The van der Waals surface area contributed by atoms with Gasteiger partial charge in [-0.2, -0.15) is 9.67 Å². The number of nitrogens with one attached hydrogen (secondary N) is 2. The van der Waals surface area contributed by atoms with Gasteiger partial charge in [-0.05, 0) is 87.4 Å². The first-order valence-corrected chi connectivity index (χ1v) is 12.8. The van der Waals surface area contributed by atoms with Gasteiger partial charge in [0.15, 0.2) is 11.6 Å². The lowest BCUT2D eigenvalue weighted by Crippen LogP contribution is -2.55. The van der Waals surface area contributed by atoms with E-state index in [-0.39, 0.29) is 17.4 Å². The summed E-state index contributed by atoms with van der Waals surface area (Å²) in [6, 6.07) is 6.56. The van der Waals surface area contributed by atoms with Crippen molar-refractivity contribution in [3.8, 4) is 5.69 Å². The zero-order chi connectivity index (χ0) is 23.9.